The van der Waals surface area contributed by atoms with E-state index in [1.54, 1.807) is 13.0 Å². The van der Waals surface area contributed by atoms with E-state index < -0.39 is 18.2 Å². The average molecular weight is 427 g/mol. The minimum Gasteiger partial charge on any atom is -0.475 e. The first-order valence-electron chi connectivity index (χ1n) is 9.43. The number of alkyl halides is 3. The molecule has 1 heterocycles. The van der Waals surface area contributed by atoms with Gasteiger partial charge in [0, 0.05) is 24.4 Å². The zero-order valence-electron chi connectivity index (χ0n) is 16.4. The smallest absolute Gasteiger partial charge is 0.475 e. The molecular weight excluding hydrogens is 403 g/mol. The van der Waals surface area contributed by atoms with Crippen LogP contribution in [-0.4, -0.2) is 47.7 Å². The Hall–Kier alpha value is -2.88. The van der Waals surface area contributed by atoms with Crippen molar-refractivity contribution in [2.45, 2.75) is 44.4 Å². The Morgan fingerprint density at radius 3 is 2.40 bits per heavy atom. The molecule has 0 spiro atoms. The molecule has 2 aliphatic rings. The first-order chi connectivity index (χ1) is 14.0. The number of hydrogen-bond acceptors (Lipinski definition) is 4. The number of carboxylic acids is 1. The number of hydrogen-bond donors (Lipinski definition) is 3. The Labute approximate surface area is 171 Å². The van der Waals surface area contributed by atoms with Crippen molar-refractivity contribution in [1.29, 1.82) is 0 Å². The second-order valence-electron chi connectivity index (χ2n) is 7.18. The van der Waals surface area contributed by atoms with E-state index in [9.17, 15) is 22.8 Å². The number of rotatable bonds is 6. The van der Waals surface area contributed by atoms with Gasteiger partial charge in [-0.1, -0.05) is 24.3 Å². The number of carboxylic acid groups (broad SMARTS) is 1. The van der Waals surface area contributed by atoms with Gasteiger partial charge in [0.25, 0.3) is 5.91 Å². The largest absolute Gasteiger partial charge is 0.490 e. The third kappa shape index (κ3) is 6.58. The summed E-state index contributed by atoms with van der Waals surface area (Å²) in [6.45, 7) is 2.48. The fourth-order valence-corrected chi connectivity index (χ4v) is 3.02. The molecule has 30 heavy (non-hydrogen) atoms. The highest BCUT2D eigenvalue weighted by Crippen LogP contribution is 2.33. The van der Waals surface area contributed by atoms with Gasteiger partial charge in [-0.25, -0.2) is 4.79 Å². The van der Waals surface area contributed by atoms with Gasteiger partial charge >= 0.3 is 12.1 Å². The number of benzene rings is 1. The summed E-state index contributed by atoms with van der Waals surface area (Å²) < 4.78 is 31.7. The van der Waals surface area contributed by atoms with Crippen LogP contribution in [0.15, 0.2) is 36.4 Å². The van der Waals surface area contributed by atoms with Crippen LogP contribution < -0.4 is 16.0 Å². The molecule has 1 fully saturated rings. The van der Waals surface area contributed by atoms with E-state index >= 15 is 0 Å². The third-order valence-corrected chi connectivity index (χ3v) is 4.84. The molecule has 0 aromatic heterocycles. The maximum Gasteiger partial charge on any atom is 0.490 e. The summed E-state index contributed by atoms with van der Waals surface area (Å²) in [5.74, 6) is -2.64. The van der Waals surface area contributed by atoms with Crippen LogP contribution in [0, 0.1) is 5.92 Å². The Kier molecular flexibility index (Phi) is 7.60. The van der Waals surface area contributed by atoms with Crippen LogP contribution in [0.5, 0.6) is 0 Å². The van der Waals surface area contributed by atoms with E-state index in [-0.39, 0.29) is 17.9 Å². The van der Waals surface area contributed by atoms with Gasteiger partial charge in [0.1, 0.15) is 0 Å². The average Bonchev–Trinajstić information content (AvgIpc) is 3.42. The number of carbonyl (C=O) groups excluding carboxylic acids is 2. The van der Waals surface area contributed by atoms with Crippen LogP contribution >= 0.6 is 0 Å². The fraction of sp³-hybridized carbons (Fsp3) is 0.450. The molecule has 7 nitrogen and oxygen atoms in total. The lowest BCUT2D eigenvalue weighted by Crippen LogP contribution is -2.44. The summed E-state index contributed by atoms with van der Waals surface area (Å²) in [5, 5.41) is 10.3. The number of fused-ring (bicyclic) bond motifs is 1. The van der Waals surface area contributed by atoms with Gasteiger partial charge < -0.3 is 15.7 Å². The SMILES string of the molecule is C[C@H](N[C@H](/C=C/C(=O)N1CCc2ccccc21)C1CC1)C(N)=O.O=C(O)C(F)(F)F. The van der Waals surface area contributed by atoms with E-state index in [0.29, 0.717) is 5.92 Å². The molecule has 2 atom stereocenters. The van der Waals surface area contributed by atoms with Crippen LogP contribution in [0.1, 0.15) is 25.3 Å². The molecule has 0 saturated heterocycles. The first kappa shape index (κ1) is 23.4. The number of carbonyl (C=O) groups is 3. The number of nitrogens with two attached hydrogens (primary N) is 1. The van der Waals surface area contributed by atoms with Crippen LogP contribution in [0.4, 0.5) is 18.9 Å². The Bertz CT molecular complexity index is 822. The van der Waals surface area contributed by atoms with Crippen molar-refractivity contribution in [3.8, 4) is 0 Å². The lowest BCUT2D eigenvalue weighted by Gasteiger charge is -2.19. The minimum atomic E-state index is -5.08. The predicted octanol–water partition coefficient (Wildman–Crippen LogP) is 2.01. The number of nitrogens with zero attached hydrogens (tertiary/aromatic N) is 1. The summed E-state index contributed by atoms with van der Waals surface area (Å²) in [5.41, 5.74) is 7.53. The zero-order chi connectivity index (χ0) is 22.5. The fourth-order valence-electron chi connectivity index (χ4n) is 3.02. The summed E-state index contributed by atoms with van der Waals surface area (Å²) in [7, 11) is 0. The van der Waals surface area contributed by atoms with Gasteiger partial charge in [-0.3, -0.25) is 14.9 Å². The van der Waals surface area contributed by atoms with E-state index in [1.165, 1.54) is 5.56 Å². The standard InChI is InChI=1S/C18H23N3O2.C2HF3O2/c1-12(18(19)23)20-15(13-6-7-13)8-9-17(22)21-11-10-14-4-2-3-5-16(14)21;3-2(4,5)1(6)7/h2-5,8-9,12-13,15,20H,6-7,10-11H2,1H3,(H2,19,23);(H,6,7)/b9-8+;/t12-,15+;/m0./s1. The van der Waals surface area contributed by atoms with Crippen molar-refractivity contribution < 1.29 is 32.7 Å². The minimum absolute atomic E-state index is 0.00544. The van der Waals surface area contributed by atoms with Crippen molar-refractivity contribution in [1.82, 2.24) is 5.32 Å². The number of amides is 2. The predicted molar refractivity (Wildman–Crippen MR) is 104 cm³/mol. The number of aliphatic carboxylic acids is 1. The van der Waals surface area contributed by atoms with E-state index in [0.717, 1.165) is 31.5 Å². The molecule has 0 unspecified atom stereocenters. The summed E-state index contributed by atoms with van der Waals surface area (Å²) in [6, 6.07) is 7.64. The molecule has 1 aromatic rings. The molecule has 1 saturated carbocycles. The second kappa shape index (κ2) is 9.75. The summed E-state index contributed by atoms with van der Waals surface area (Å²) >= 11 is 0. The van der Waals surface area contributed by atoms with Crippen molar-refractivity contribution >= 4 is 23.5 Å². The van der Waals surface area contributed by atoms with Crippen LogP contribution in [0.25, 0.3) is 0 Å². The summed E-state index contributed by atoms with van der Waals surface area (Å²) in [6.07, 6.45) is 1.58. The summed E-state index contributed by atoms with van der Waals surface area (Å²) in [4.78, 5) is 34.4. The molecule has 1 aliphatic carbocycles. The molecular formula is C20H24F3N3O4. The molecule has 2 amide bonds. The highest BCUT2D eigenvalue weighted by molar-refractivity contribution is 6.02. The van der Waals surface area contributed by atoms with E-state index in [4.69, 9.17) is 15.6 Å². The molecule has 164 valence electrons. The lowest BCUT2D eigenvalue weighted by molar-refractivity contribution is -0.192. The molecule has 10 heteroatoms. The van der Waals surface area contributed by atoms with Crippen molar-refractivity contribution in [2.75, 3.05) is 11.4 Å². The molecule has 3 rings (SSSR count). The van der Waals surface area contributed by atoms with Gasteiger partial charge in [-0.15, -0.1) is 0 Å². The van der Waals surface area contributed by atoms with Gasteiger partial charge in [0.05, 0.1) is 6.04 Å². The van der Waals surface area contributed by atoms with Gasteiger partial charge in [-0.2, -0.15) is 13.2 Å². The van der Waals surface area contributed by atoms with Crippen LogP contribution in [0.3, 0.4) is 0 Å². The molecule has 1 aromatic carbocycles. The van der Waals surface area contributed by atoms with Crippen molar-refractivity contribution in [2.24, 2.45) is 11.7 Å². The quantitative estimate of drug-likeness (QED) is 0.601. The Balaban J connectivity index is 0.000000396. The number of nitrogens with one attached hydrogen (secondary N) is 1. The van der Waals surface area contributed by atoms with Gasteiger partial charge in [0.2, 0.25) is 5.91 Å². The van der Waals surface area contributed by atoms with Crippen molar-refractivity contribution in [3.05, 3.63) is 42.0 Å². The number of para-hydroxylation sites is 1. The second-order valence-corrected chi connectivity index (χ2v) is 7.18. The number of anilines is 1. The third-order valence-electron chi connectivity index (χ3n) is 4.84. The van der Waals surface area contributed by atoms with E-state index in [1.807, 2.05) is 29.2 Å². The zero-order valence-corrected chi connectivity index (χ0v) is 16.4. The Morgan fingerprint density at radius 2 is 1.87 bits per heavy atom. The maximum atomic E-state index is 12.5. The lowest BCUT2D eigenvalue weighted by atomic mass is 10.1. The number of primary amides is 1. The van der Waals surface area contributed by atoms with Crippen LogP contribution in [0.2, 0.25) is 0 Å². The van der Waals surface area contributed by atoms with E-state index in [2.05, 4.69) is 11.4 Å². The van der Waals surface area contributed by atoms with Crippen LogP contribution in [-0.2, 0) is 20.8 Å². The highest BCUT2D eigenvalue weighted by Gasteiger charge is 2.38. The topological polar surface area (TPSA) is 113 Å². The van der Waals surface area contributed by atoms with Gasteiger partial charge in [-0.05, 0) is 43.7 Å². The Morgan fingerprint density at radius 1 is 1.27 bits per heavy atom. The number of halogens is 3. The maximum absolute atomic E-state index is 12.5. The normalized spacial score (nSPS) is 17.7. The molecule has 1 aliphatic heterocycles. The van der Waals surface area contributed by atoms with Gasteiger partial charge in [0.15, 0.2) is 0 Å². The molecule has 0 bridgehead atoms. The monoisotopic (exact) mass is 427 g/mol. The van der Waals surface area contributed by atoms with Crippen molar-refractivity contribution in [3.63, 3.8) is 0 Å². The first-order valence-corrected chi connectivity index (χ1v) is 9.43. The molecule has 4 N–H and O–H groups in total. The molecule has 0 radical (unpaired) electrons. The highest BCUT2D eigenvalue weighted by atomic mass is 19.4.